The number of carboxylic acid groups (broad SMARTS) is 1. The lowest BCUT2D eigenvalue weighted by molar-refractivity contribution is -0.157. The van der Waals surface area contributed by atoms with Gasteiger partial charge in [0.25, 0.3) is 5.91 Å². The van der Waals surface area contributed by atoms with Crippen LogP contribution in [0, 0.1) is 23.0 Å². The topological polar surface area (TPSA) is 66.8 Å². The minimum absolute atomic E-state index is 0.0526. The Balaban J connectivity index is 1.91. The van der Waals surface area contributed by atoms with Gasteiger partial charge in [-0.3, -0.25) is 9.59 Å². The molecule has 2 aliphatic heterocycles. The molecule has 1 amide bonds. The number of hydrogen-bond donors (Lipinski definition) is 1. The molecule has 3 rings (SSSR count). The Hall–Kier alpha value is -2.02. The van der Waals surface area contributed by atoms with Gasteiger partial charge in [0.15, 0.2) is 0 Å². The highest BCUT2D eigenvalue weighted by Crippen LogP contribution is 2.43. The Labute approximate surface area is 125 Å². The molecule has 0 aromatic heterocycles. The minimum Gasteiger partial charge on any atom is -0.481 e. The maximum Gasteiger partial charge on any atom is 0.311 e. The molecule has 5 nitrogen and oxygen atoms in total. The maximum absolute atomic E-state index is 13.8. The van der Waals surface area contributed by atoms with Gasteiger partial charge in [-0.15, -0.1) is 0 Å². The van der Waals surface area contributed by atoms with Crippen molar-refractivity contribution in [1.29, 1.82) is 0 Å². The zero-order valence-corrected chi connectivity index (χ0v) is 11.7. The molecule has 1 aromatic rings. The van der Waals surface area contributed by atoms with Crippen molar-refractivity contribution in [2.45, 2.75) is 6.42 Å². The molecule has 2 aliphatic rings. The van der Waals surface area contributed by atoms with Gasteiger partial charge in [0.05, 0.1) is 12.0 Å². The number of hydrogen-bond acceptors (Lipinski definition) is 3. The number of carbonyl (C=O) groups is 2. The maximum atomic E-state index is 13.8. The van der Waals surface area contributed by atoms with Crippen LogP contribution in [0.5, 0.6) is 0 Å². The first-order valence-electron chi connectivity index (χ1n) is 7.00. The van der Waals surface area contributed by atoms with E-state index in [-0.39, 0.29) is 32.0 Å². The zero-order valence-electron chi connectivity index (χ0n) is 11.7. The van der Waals surface area contributed by atoms with Crippen LogP contribution < -0.4 is 0 Å². The van der Waals surface area contributed by atoms with Gasteiger partial charge in [-0.1, -0.05) is 6.07 Å². The lowest BCUT2D eigenvalue weighted by Gasteiger charge is -2.33. The van der Waals surface area contributed by atoms with Crippen LogP contribution in [0.3, 0.4) is 0 Å². The van der Waals surface area contributed by atoms with Gasteiger partial charge in [-0.05, 0) is 18.6 Å². The number of nitrogens with zero attached hydrogens (tertiary/aromatic N) is 1. The molecule has 2 saturated heterocycles. The minimum atomic E-state index is -1.09. The fourth-order valence-corrected chi connectivity index (χ4v) is 3.31. The van der Waals surface area contributed by atoms with Crippen LogP contribution in [-0.4, -0.2) is 48.2 Å². The number of amides is 1. The second-order valence-electron chi connectivity index (χ2n) is 5.77. The molecule has 1 N–H and O–H groups in total. The molecule has 0 radical (unpaired) electrons. The van der Waals surface area contributed by atoms with E-state index in [1.165, 1.54) is 11.0 Å². The summed E-state index contributed by atoms with van der Waals surface area (Å²) in [6, 6.07) is 3.20. The number of rotatable bonds is 2. The first-order chi connectivity index (χ1) is 10.5. The number of fused-ring (bicyclic) bond motifs is 1. The fourth-order valence-electron chi connectivity index (χ4n) is 3.31. The molecule has 0 unspecified atom stereocenters. The van der Waals surface area contributed by atoms with Gasteiger partial charge in [-0.2, -0.15) is 0 Å². The quantitative estimate of drug-likeness (QED) is 0.899. The molecule has 2 heterocycles. The Morgan fingerprint density at radius 1 is 1.32 bits per heavy atom. The van der Waals surface area contributed by atoms with Gasteiger partial charge in [0.2, 0.25) is 0 Å². The highest BCUT2D eigenvalue weighted by atomic mass is 19.1. The van der Waals surface area contributed by atoms with Crippen LogP contribution in [0.15, 0.2) is 18.2 Å². The fraction of sp³-hybridized carbons (Fsp3) is 0.467. The summed E-state index contributed by atoms with van der Waals surface area (Å²) >= 11 is 0. The summed E-state index contributed by atoms with van der Waals surface area (Å²) in [4.78, 5) is 25.3. The van der Waals surface area contributed by atoms with Crippen molar-refractivity contribution in [2.75, 3.05) is 26.3 Å². The summed E-state index contributed by atoms with van der Waals surface area (Å²) in [6.07, 6.45) is 0.288. The third kappa shape index (κ3) is 2.16. The van der Waals surface area contributed by atoms with E-state index in [0.29, 0.717) is 6.61 Å². The number of aliphatic carboxylic acids is 1. The van der Waals surface area contributed by atoms with Gasteiger partial charge < -0.3 is 14.7 Å². The highest BCUT2D eigenvalue weighted by Gasteiger charge is 2.55. The number of carboxylic acids is 1. The highest BCUT2D eigenvalue weighted by molar-refractivity contribution is 5.95. The van der Waals surface area contributed by atoms with Gasteiger partial charge >= 0.3 is 5.97 Å². The first-order valence-corrected chi connectivity index (χ1v) is 7.00. The van der Waals surface area contributed by atoms with Crippen molar-refractivity contribution in [1.82, 2.24) is 4.90 Å². The van der Waals surface area contributed by atoms with Crippen LogP contribution in [0.25, 0.3) is 0 Å². The van der Waals surface area contributed by atoms with E-state index in [4.69, 9.17) is 4.74 Å². The Morgan fingerprint density at radius 3 is 2.59 bits per heavy atom. The van der Waals surface area contributed by atoms with Crippen molar-refractivity contribution in [3.8, 4) is 0 Å². The summed E-state index contributed by atoms with van der Waals surface area (Å²) in [5.74, 6) is -4.06. The monoisotopic (exact) mass is 311 g/mol. The van der Waals surface area contributed by atoms with E-state index in [1.807, 2.05) is 0 Å². The summed E-state index contributed by atoms with van der Waals surface area (Å²) in [5, 5.41) is 9.54. The molecule has 22 heavy (non-hydrogen) atoms. The van der Waals surface area contributed by atoms with Crippen molar-refractivity contribution in [2.24, 2.45) is 11.3 Å². The van der Waals surface area contributed by atoms with Gasteiger partial charge in [0.1, 0.15) is 17.2 Å². The van der Waals surface area contributed by atoms with E-state index < -0.39 is 34.5 Å². The Morgan fingerprint density at radius 2 is 2.00 bits per heavy atom. The second-order valence-corrected chi connectivity index (χ2v) is 5.77. The molecule has 7 heteroatoms. The molecule has 118 valence electrons. The van der Waals surface area contributed by atoms with Crippen molar-refractivity contribution in [3.05, 3.63) is 35.4 Å². The summed E-state index contributed by atoms with van der Waals surface area (Å²) in [7, 11) is 0. The normalized spacial score (nSPS) is 27.5. The summed E-state index contributed by atoms with van der Waals surface area (Å²) < 4.78 is 32.8. The largest absolute Gasteiger partial charge is 0.481 e. The molecular weight excluding hydrogens is 296 g/mol. The van der Waals surface area contributed by atoms with Crippen LogP contribution in [0.1, 0.15) is 16.8 Å². The molecule has 0 saturated carbocycles. The smallest absolute Gasteiger partial charge is 0.311 e. The standard InChI is InChI=1S/C15H15F2NO4/c16-10-2-1-3-11(17)12(10)13(19)18-6-9-7-22-5-4-15(9,8-18)14(20)21/h1-3,9H,4-8H2,(H,20,21)/t9-,15+/m0/s1. The predicted octanol–water partition coefficient (Wildman–Crippen LogP) is 1.53. The predicted molar refractivity (Wildman–Crippen MR) is 71.3 cm³/mol. The number of likely N-dealkylation sites (tertiary alicyclic amines) is 1. The van der Waals surface area contributed by atoms with E-state index in [9.17, 15) is 23.5 Å². The third-order valence-corrected chi connectivity index (χ3v) is 4.60. The average Bonchev–Trinajstić information content (AvgIpc) is 2.88. The van der Waals surface area contributed by atoms with E-state index in [2.05, 4.69) is 0 Å². The number of halogens is 2. The van der Waals surface area contributed by atoms with Crippen molar-refractivity contribution < 1.29 is 28.2 Å². The van der Waals surface area contributed by atoms with E-state index in [0.717, 1.165) is 12.1 Å². The Bertz CT molecular complexity index is 616. The van der Waals surface area contributed by atoms with Crippen LogP contribution in [-0.2, 0) is 9.53 Å². The number of ether oxygens (including phenoxy) is 1. The van der Waals surface area contributed by atoms with Crippen LogP contribution in [0.4, 0.5) is 8.78 Å². The second kappa shape index (κ2) is 5.31. The van der Waals surface area contributed by atoms with Crippen molar-refractivity contribution >= 4 is 11.9 Å². The van der Waals surface area contributed by atoms with Gasteiger partial charge in [-0.25, -0.2) is 8.78 Å². The first kappa shape index (κ1) is 14.9. The summed E-state index contributed by atoms with van der Waals surface area (Å²) in [5.41, 5.74) is -1.72. The lowest BCUT2D eigenvalue weighted by Crippen LogP contribution is -2.45. The molecule has 1 aromatic carbocycles. The van der Waals surface area contributed by atoms with E-state index in [1.54, 1.807) is 0 Å². The summed E-state index contributed by atoms with van der Waals surface area (Å²) in [6.45, 7) is 0.608. The molecule has 2 fully saturated rings. The van der Waals surface area contributed by atoms with E-state index >= 15 is 0 Å². The SMILES string of the molecule is O=C(c1c(F)cccc1F)N1C[C@H]2COCC[C@@]2(C(=O)O)C1. The number of carbonyl (C=O) groups excluding carboxylic acids is 1. The molecule has 0 spiro atoms. The average molecular weight is 311 g/mol. The Kier molecular flexibility index (Phi) is 3.60. The third-order valence-electron chi connectivity index (χ3n) is 4.60. The molecule has 0 bridgehead atoms. The molecule has 2 atom stereocenters. The van der Waals surface area contributed by atoms with Crippen LogP contribution >= 0.6 is 0 Å². The van der Waals surface area contributed by atoms with Crippen LogP contribution in [0.2, 0.25) is 0 Å². The van der Waals surface area contributed by atoms with Gasteiger partial charge in [0, 0.05) is 25.6 Å². The number of benzene rings is 1. The van der Waals surface area contributed by atoms with Crippen molar-refractivity contribution in [3.63, 3.8) is 0 Å². The zero-order chi connectivity index (χ0) is 15.9. The lowest BCUT2D eigenvalue weighted by atomic mass is 9.74. The molecule has 0 aliphatic carbocycles. The molecular formula is C15H15F2NO4.